The van der Waals surface area contributed by atoms with Gasteiger partial charge in [0.2, 0.25) is 12.3 Å². The van der Waals surface area contributed by atoms with Crippen LogP contribution in [0.5, 0.6) is 0 Å². The van der Waals surface area contributed by atoms with Gasteiger partial charge < -0.3 is 10.6 Å². The van der Waals surface area contributed by atoms with Crippen LogP contribution in [-0.2, 0) is 16.0 Å². The number of anilines is 1. The molecule has 0 spiro atoms. The average Bonchev–Trinajstić information content (AvgIpc) is 2.49. The molecule has 0 aromatic heterocycles. The van der Waals surface area contributed by atoms with Crippen molar-refractivity contribution < 1.29 is 9.59 Å². The van der Waals surface area contributed by atoms with E-state index in [9.17, 15) is 9.59 Å². The normalized spacial score (nSPS) is 24.4. The van der Waals surface area contributed by atoms with Crippen LogP contribution in [0, 0.1) is 17.8 Å². The van der Waals surface area contributed by atoms with Crippen molar-refractivity contribution in [3.8, 4) is 0 Å². The van der Waals surface area contributed by atoms with Gasteiger partial charge in [-0.25, -0.2) is 0 Å². The molecule has 1 aliphatic carbocycles. The molecule has 3 atom stereocenters. The second-order valence-corrected chi connectivity index (χ2v) is 7.22. The Balaban J connectivity index is 2.22. The van der Waals surface area contributed by atoms with Crippen LogP contribution < -0.4 is 10.6 Å². The van der Waals surface area contributed by atoms with E-state index in [4.69, 9.17) is 5.73 Å². The molecular formula is C19H28N2O2. The molecule has 1 saturated carbocycles. The van der Waals surface area contributed by atoms with Gasteiger partial charge in [-0.05, 0) is 48.3 Å². The highest BCUT2D eigenvalue weighted by Crippen LogP contribution is 2.37. The van der Waals surface area contributed by atoms with Gasteiger partial charge in [0.1, 0.15) is 0 Å². The van der Waals surface area contributed by atoms with Crippen molar-refractivity contribution in [1.29, 1.82) is 0 Å². The molecule has 0 saturated heterocycles. The number of primary amides is 1. The minimum atomic E-state index is -0.342. The lowest BCUT2D eigenvalue weighted by Gasteiger charge is -2.42. The van der Waals surface area contributed by atoms with E-state index in [0.29, 0.717) is 17.8 Å². The number of carbonyl (C=O) groups excluding carboxylic acids is 2. The van der Waals surface area contributed by atoms with Crippen LogP contribution in [0.15, 0.2) is 24.3 Å². The van der Waals surface area contributed by atoms with Crippen molar-refractivity contribution in [3.63, 3.8) is 0 Å². The number of rotatable bonds is 6. The van der Waals surface area contributed by atoms with Crippen LogP contribution in [0.4, 0.5) is 5.69 Å². The third kappa shape index (κ3) is 4.34. The zero-order valence-corrected chi connectivity index (χ0v) is 14.4. The first kappa shape index (κ1) is 17.5. The molecule has 1 aromatic rings. The molecule has 0 bridgehead atoms. The van der Waals surface area contributed by atoms with Crippen molar-refractivity contribution in [3.05, 3.63) is 29.8 Å². The van der Waals surface area contributed by atoms with Crippen LogP contribution in [0.25, 0.3) is 0 Å². The molecule has 23 heavy (non-hydrogen) atoms. The quantitative estimate of drug-likeness (QED) is 0.820. The predicted molar refractivity (Wildman–Crippen MR) is 93.0 cm³/mol. The molecular weight excluding hydrogens is 288 g/mol. The summed E-state index contributed by atoms with van der Waals surface area (Å²) in [6, 6.07) is 7.85. The molecule has 1 aliphatic rings. The molecule has 1 aromatic carbocycles. The molecule has 2 amide bonds. The van der Waals surface area contributed by atoms with E-state index in [-0.39, 0.29) is 18.4 Å². The van der Waals surface area contributed by atoms with Crippen molar-refractivity contribution in [1.82, 2.24) is 0 Å². The number of nitrogens with zero attached hydrogens (tertiary/aromatic N) is 1. The van der Waals surface area contributed by atoms with Gasteiger partial charge in [0.15, 0.2) is 0 Å². The zero-order chi connectivity index (χ0) is 17.0. The third-order valence-corrected chi connectivity index (χ3v) is 5.07. The fourth-order valence-corrected chi connectivity index (χ4v) is 3.79. The molecule has 4 heteroatoms. The maximum Gasteiger partial charge on any atom is 0.221 e. The minimum absolute atomic E-state index is 0.233. The number of hydrogen-bond acceptors (Lipinski definition) is 2. The van der Waals surface area contributed by atoms with E-state index in [2.05, 4.69) is 20.8 Å². The summed E-state index contributed by atoms with van der Waals surface area (Å²) in [5.74, 6) is 1.39. The maximum atomic E-state index is 11.8. The average molecular weight is 316 g/mol. The molecule has 2 rings (SSSR count). The van der Waals surface area contributed by atoms with Gasteiger partial charge in [0.05, 0.1) is 6.42 Å². The number of nitrogens with two attached hydrogens (primary N) is 1. The second-order valence-electron chi connectivity index (χ2n) is 7.22. The first-order chi connectivity index (χ1) is 10.9. The maximum absolute atomic E-state index is 11.8. The summed E-state index contributed by atoms with van der Waals surface area (Å²) in [5.41, 5.74) is 7.01. The van der Waals surface area contributed by atoms with Gasteiger partial charge in [0, 0.05) is 11.7 Å². The molecule has 126 valence electrons. The van der Waals surface area contributed by atoms with Crippen LogP contribution in [-0.4, -0.2) is 18.4 Å². The van der Waals surface area contributed by atoms with Crippen molar-refractivity contribution >= 4 is 18.0 Å². The summed E-state index contributed by atoms with van der Waals surface area (Å²) >= 11 is 0. The Morgan fingerprint density at radius 2 is 1.96 bits per heavy atom. The summed E-state index contributed by atoms with van der Waals surface area (Å²) in [4.78, 5) is 24.7. The van der Waals surface area contributed by atoms with E-state index in [1.807, 2.05) is 29.2 Å². The predicted octanol–water partition coefficient (Wildman–Crippen LogP) is 3.14. The summed E-state index contributed by atoms with van der Waals surface area (Å²) in [7, 11) is 0. The smallest absolute Gasteiger partial charge is 0.221 e. The molecule has 0 radical (unpaired) electrons. The molecule has 0 heterocycles. The fourth-order valence-electron chi connectivity index (χ4n) is 3.79. The molecule has 4 nitrogen and oxygen atoms in total. The number of benzene rings is 1. The Hall–Kier alpha value is -1.84. The van der Waals surface area contributed by atoms with Gasteiger partial charge in [-0.2, -0.15) is 0 Å². The summed E-state index contributed by atoms with van der Waals surface area (Å²) in [6.07, 6.45) is 4.65. The summed E-state index contributed by atoms with van der Waals surface area (Å²) in [5, 5.41) is 0. The van der Waals surface area contributed by atoms with Crippen molar-refractivity contribution in [2.75, 3.05) is 4.90 Å². The highest BCUT2D eigenvalue weighted by molar-refractivity contribution is 5.78. The second kappa shape index (κ2) is 7.62. The molecule has 3 unspecified atom stereocenters. The minimum Gasteiger partial charge on any atom is -0.369 e. The Labute approximate surface area is 139 Å². The molecule has 2 N–H and O–H groups in total. The fraction of sp³-hybridized carbons (Fsp3) is 0.579. The standard InChI is InChI=1S/C19H28N2O2/c1-13(2)17-9-4-14(3)10-18(17)21(12-22)16-7-5-15(6-8-16)11-19(20)23/h5-8,12-14,17-18H,4,9-11H2,1-3H3,(H2,20,23). The van der Waals surface area contributed by atoms with Crippen LogP contribution in [0.2, 0.25) is 0 Å². The van der Waals surface area contributed by atoms with E-state index in [1.165, 1.54) is 12.8 Å². The van der Waals surface area contributed by atoms with Crippen LogP contribution >= 0.6 is 0 Å². The first-order valence-corrected chi connectivity index (χ1v) is 8.53. The van der Waals surface area contributed by atoms with Crippen molar-refractivity contribution in [2.24, 2.45) is 23.5 Å². The van der Waals surface area contributed by atoms with Gasteiger partial charge in [-0.15, -0.1) is 0 Å². The van der Waals surface area contributed by atoms with Crippen LogP contribution in [0.1, 0.15) is 45.6 Å². The monoisotopic (exact) mass is 316 g/mol. The lowest BCUT2D eigenvalue weighted by atomic mass is 9.73. The Morgan fingerprint density at radius 3 is 2.48 bits per heavy atom. The number of carbonyl (C=O) groups is 2. The highest BCUT2D eigenvalue weighted by atomic mass is 16.1. The molecule has 1 fully saturated rings. The Kier molecular flexibility index (Phi) is 5.80. The van der Waals surface area contributed by atoms with E-state index in [0.717, 1.165) is 24.1 Å². The van der Waals surface area contributed by atoms with Gasteiger partial charge in [0.25, 0.3) is 0 Å². The summed E-state index contributed by atoms with van der Waals surface area (Å²) in [6.45, 7) is 6.75. The number of amides is 2. The van der Waals surface area contributed by atoms with Gasteiger partial charge in [-0.3, -0.25) is 9.59 Å². The zero-order valence-electron chi connectivity index (χ0n) is 14.4. The lowest BCUT2D eigenvalue weighted by molar-refractivity contribution is -0.117. The molecule has 0 aliphatic heterocycles. The topological polar surface area (TPSA) is 63.4 Å². The highest BCUT2D eigenvalue weighted by Gasteiger charge is 2.34. The summed E-state index contributed by atoms with van der Waals surface area (Å²) < 4.78 is 0. The van der Waals surface area contributed by atoms with Crippen LogP contribution in [0.3, 0.4) is 0 Å². The van der Waals surface area contributed by atoms with E-state index < -0.39 is 0 Å². The Morgan fingerprint density at radius 1 is 1.30 bits per heavy atom. The Bertz CT molecular complexity index is 539. The SMILES string of the molecule is CC1CCC(C(C)C)C(N(C=O)c2ccc(CC(N)=O)cc2)C1. The van der Waals surface area contributed by atoms with Gasteiger partial charge in [-0.1, -0.05) is 39.3 Å². The van der Waals surface area contributed by atoms with Gasteiger partial charge >= 0.3 is 0 Å². The number of hydrogen-bond donors (Lipinski definition) is 1. The first-order valence-electron chi connectivity index (χ1n) is 8.53. The third-order valence-electron chi connectivity index (χ3n) is 5.07. The van der Waals surface area contributed by atoms with Crippen molar-refractivity contribution in [2.45, 2.75) is 52.5 Å². The largest absolute Gasteiger partial charge is 0.369 e. The lowest BCUT2D eigenvalue weighted by Crippen LogP contribution is -2.45. The van der Waals surface area contributed by atoms with E-state index in [1.54, 1.807) is 0 Å². The van der Waals surface area contributed by atoms with E-state index >= 15 is 0 Å².